The van der Waals surface area contributed by atoms with Crippen molar-refractivity contribution in [1.29, 1.82) is 0 Å². The van der Waals surface area contributed by atoms with Gasteiger partial charge in [-0.2, -0.15) is 0 Å². The number of esters is 1. The lowest BCUT2D eigenvalue weighted by molar-refractivity contribution is -0.137. The van der Waals surface area contributed by atoms with Crippen LogP contribution in [0.25, 0.3) is 0 Å². The summed E-state index contributed by atoms with van der Waals surface area (Å²) in [6.07, 6.45) is 2.15. The fourth-order valence-corrected chi connectivity index (χ4v) is 3.25. The number of anilines is 1. The highest BCUT2D eigenvalue weighted by molar-refractivity contribution is 6.05. The summed E-state index contributed by atoms with van der Waals surface area (Å²) in [6, 6.07) is 15.7. The molecular weight excluding hydrogens is 354 g/mol. The molecule has 1 atom stereocenters. The summed E-state index contributed by atoms with van der Waals surface area (Å²) in [6.45, 7) is 6.55. The van der Waals surface area contributed by atoms with Crippen LogP contribution in [0.15, 0.2) is 60.7 Å². The number of amides is 1. The maximum Gasteiger partial charge on any atom is 0.330 e. The Labute approximate surface area is 165 Å². The van der Waals surface area contributed by atoms with Crippen LogP contribution in [0.4, 0.5) is 5.69 Å². The lowest BCUT2D eigenvalue weighted by Crippen LogP contribution is -2.39. The Morgan fingerprint density at radius 3 is 2.57 bits per heavy atom. The van der Waals surface area contributed by atoms with Crippen molar-refractivity contribution in [2.24, 2.45) is 0 Å². The van der Waals surface area contributed by atoms with Crippen molar-refractivity contribution in [2.75, 3.05) is 18.1 Å². The summed E-state index contributed by atoms with van der Waals surface area (Å²) < 4.78 is 11.2. The van der Waals surface area contributed by atoms with E-state index in [1.54, 1.807) is 11.8 Å². The van der Waals surface area contributed by atoms with Crippen LogP contribution in [0, 0.1) is 0 Å². The van der Waals surface area contributed by atoms with Crippen molar-refractivity contribution < 1.29 is 19.1 Å². The van der Waals surface area contributed by atoms with Crippen LogP contribution in [0.1, 0.15) is 43.9 Å². The van der Waals surface area contributed by atoms with Crippen molar-refractivity contribution in [3.63, 3.8) is 0 Å². The predicted molar refractivity (Wildman–Crippen MR) is 108 cm³/mol. The molecule has 2 aromatic carbocycles. The first-order valence-corrected chi connectivity index (χ1v) is 9.52. The van der Waals surface area contributed by atoms with Gasteiger partial charge in [0.1, 0.15) is 11.9 Å². The molecule has 0 spiro atoms. The maximum absolute atomic E-state index is 12.9. The number of benzene rings is 2. The van der Waals surface area contributed by atoms with Crippen molar-refractivity contribution in [1.82, 2.24) is 0 Å². The third-order valence-electron chi connectivity index (χ3n) is 4.63. The number of fused-ring (bicyclic) bond motifs is 1. The first kappa shape index (κ1) is 19.7. The standard InChI is InChI=1S/C23H25NO4/c1-4-27-22(26)14-13-21(25)24-15-20(17-9-6-5-7-10-17)28-23-18(16(2)3)11-8-12-19(23)24/h5-14,16,20H,4,15H2,1-3H3. The van der Waals surface area contributed by atoms with Gasteiger partial charge in [-0.25, -0.2) is 4.79 Å². The third kappa shape index (κ3) is 4.25. The van der Waals surface area contributed by atoms with E-state index in [0.717, 1.165) is 22.6 Å². The lowest BCUT2D eigenvalue weighted by atomic mass is 9.98. The van der Waals surface area contributed by atoms with Gasteiger partial charge in [0.25, 0.3) is 5.91 Å². The largest absolute Gasteiger partial charge is 0.481 e. The van der Waals surface area contributed by atoms with E-state index >= 15 is 0 Å². The molecule has 1 aliphatic rings. The highest BCUT2D eigenvalue weighted by atomic mass is 16.5. The van der Waals surface area contributed by atoms with E-state index in [9.17, 15) is 9.59 Å². The van der Waals surface area contributed by atoms with Gasteiger partial charge in [0, 0.05) is 12.2 Å². The maximum atomic E-state index is 12.9. The first-order valence-electron chi connectivity index (χ1n) is 9.52. The minimum absolute atomic E-state index is 0.247. The molecule has 0 aromatic heterocycles. The van der Waals surface area contributed by atoms with Gasteiger partial charge < -0.3 is 14.4 Å². The second-order valence-electron chi connectivity index (χ2n) is 6.90. The van der Waals surface area contributed by atoms with Gasteiger partial charge in [-0.15, -0.1) is 0 Å². The molecule has 146 valence electrons. The minimum atomic E-state index is -0.528. The topological polar surface area (TPSA) is 55.8 Å². The summed E-state index contributed by atoms with van der Waals surface area (Å²) in [7, 11) is 0. The molecule has 1 heterocycles. The zero-order valence-corrected chi connectivity index (χ0v) is 16.4. The number of hydrogen-bond acceptors (Lipinski definition) is 4. The van der Waals surface area contributed by atoms with E-state index in [1.807, 2.05) is 48.5 Å². The monoisotopic (exact) mass is 379 g/mol. The Balaban J connectivity index is 1.98. The number of hydrogen-bond donors (Lipinski definition) is 0. The molecule has 28 heavy (non-hydrogen) atoms. The molecule has 1 unspecified atom stereocenters. The van der Waals surface area contributed by atoms with Crippen LogP contribution in [-0.2, 0) is 14.3 Å². The van der Waals surface area contributed by atoms with Gasteiger partial charge in [0.2, 0.25) is 0 Å². The van der Waals surface area contributed by atoms with Gasteiger partial charge >= 0.3 is 5.97 Å². The predicted octanol–water partition coefficient (Wildman–Crippen LogP) is 4.40. The van der Waals surface area contributed by atoms with Crippen LogP contribution in [0.2, 0.25) is 0 Å². The van der Waals surface area contributed by atoms with E-state index in [-0.39, 0.29) is 24.5 Å². The van der Waals surface area contributed by atoms with Gasteiger partial charge in [-0.3, -0.25) is 4.79 Å². The fourth-order valence-electron chi connectivity index (χ4n) is 3.25. The smallest absolute Gasteiger partial charge is 0.330 e. The number of carbonyl (C=O) groups is 2. The number of carbonyl (C=O) groups excluding carboxylic acids is 2. The van der Waals surface area contributed by atoms with Crippen LogP contribution in [0.3, 0.4) is 0 Å². The molecule has 0 saturated heterocycles. The van der Waals surface area contributed by atoms with Crippen LogP contribution >= 0.6 is 0 Å². The molecule has 0 bridgehead atoms. The second kappa shape index (κ2) is 8.74. The van der Waals surface area contributed by atoms with E-state index in [0.29, 0.717) is 6.54 Å². The summed E-state index contributed by atoms with van der Waals surface area (Å²) in [5, 5.41) is 0. The molecule has 0 radical (unpaired) electrons. The molecule has 0 saturated carbocycles. The van der Waals surface area contributed by atoms with Gasteiger partial charge in [-0.05, 0) is 30.0 Å². The molecule has 0 aliphatic carbocycles. The summed E-state index contributed by atoms with van der Waals surface area (Å²) in [4.78, 5) is 26.2. The number of nitrogens with zero attached hydrogens (tertiary/aromatic N) is 1. The molecule has 1 amide bonds. The van der Waals surface area contributed by atoms with Gasteiger partial charge in [0.15, 0.2) is 0 Å². The molecule has 5 heteroatoms. The SMILES string of the molecule is CCOC(=O)C=CC(=O)N1CC(c2ccccc2)Oc2c(C(C)C)cccc21. The zero-order valence-electron chi connectivity index (χ0n) is 16.4. The van der Waals surface area contributed by atoms with Crippen molar-refractivity contribution in [3.8, 4) is 5.75 Å². The molecule has 1 aliphatic heterocycles. The average molecular weight is 379 g/mol. The third-order valence-corrected chi connectivity index (χ3v) is 4.63. The Bertz CT molecular complexity index is 873. The average Bonchev–Trinajstić information content (AvgIpc) is 2.71. The van der Waals surface area contributed by atoms with Gasteiger partial charge in [0.05, 0.1) is 18.8 Å². The van der Waals surface area contributed by atoms with E-state index in [4.69, 9.17) is 9.47 Å². The Morgan fingerprint density at radius 2 is 1.89 bits per heavy atom. The molecule has 0 fully saturated rings. The summed E-state index contributed by atoms with van der Waals surface area (Å²) >= 11 is 0. The van der Waals surface area contributed by atoms with E-state index in [1.165, 1.54) is 12.2 Å². The van der Waals surface area contributed by atoms with Crippen LogP contribution < -0.4 is 9.64 Å². The van der Waals surface area contributed by atoms with Gasteiger partial charge in [-0.1, -0.05) is 56.3 Å². The van der Waals surface area contributed by atoms with Crippen LogP contribution in [-0.4, -0.2) is 25.0 Å². The molecule has 2 aromatic rings. The summed E-state index contributed by atoms with van der Waals surface area (Å²) in [5.74, 6) is 0.159. The summed E-state index contributed by atoms with van der Waals surface area (Å²) in [5.41, 5.74) is 2.76. The fraction of sp³-hybridized carbons (Fsp3) is 0.304. The highest BCUT2D eigenvalue weighted by Crippen LogP contribution is 2.43. The van der Waals surface area contributed by atoms with Crippen molar-refractivity contribution >= 4 is 17.6 Å². The zero-order chi connectivity index (χ0) is 20.1. The quantitative estimate of drug-likeness (QED) is 0.571. The number of ether oxygens (including phenoxy) is 2. The second-order valence-corrected chi connectivity index (χ2v) is 6.90. The molecule has 5 nitrogen and oxygen atoms in total. The van der Waals surface area contributed by atoms with Crippen LogP contribution in [0.5, 0.6) is 5.75 Å². The Hall–Kier alpha value is -3.08. The first-order chi connectivity index (χ1) is 13.5. The minimum Gasteiger partial charge on any atom is -0.481 e. The molecule has 0 N–H and O–H groups in total. The number of para-hydroxylation sites is 1. The highest BCUT2D eigenvalue weighted by Gasteiger charge is 2.31. The molecule has 3 rings (SSSR count). The Morgan fingerprint density at radius 1 is 1.14 bits per heavy atom. The lowest BCUT2D eigenvalue weighted by Gasteiger charge is -2.36. The normalized spacial score (nSPS) is 16.0. The molecular formula is C23H25NO4. The van der Waals surface area contributed by atoms with Crippen molar-refractivity contribution in [3.05, 3.63) is 71.8 Å². The van der Waals surface area contributed by atoms with E-state index < -0.39 is 5.97 Å². The van der Waals surface area contributed by atoms with Crippen molar-refractivity contribution in [2.45, 2.75) is 32.8 Å². The number of rotatable bonds is 5. The Kier molecular flexibility index (Phi) is 6.14. The van der Waals surface area contributed by atoms with E-state index in [2.05, 4.69) is 13.8 Å².